The van der Waals surface area contributed by atoms with Crippen molar-refractivity contribution in [3.63, 3.8) is 0 Å². The number of fused-ring (bicyclic) bond motifs is 2. The SMILES string of the molecule is C=CCOC12Oc3ccc(OCCN4CC4)cc3C3C(CCCCO)C(CCCCO)C=C(C(=NOC)CC1N(Cc1ccc(F)cc1)C(=O)OC)C32. The molecular formula is C41H54FN3O8. The summed E-state index contributed by atoms with van der Waals surface area (Å²) in [4.78, 5) is 23.3. The Labute approximate surface area is 312 Å². The summed E-state index contributed by atoms with van der Waals surface area (Å²) in [5, 5.41) is 24.2. The third kappa shape index (κ3) is 8.56. The van der Waals surface area contributed by atoms with E-state index in [4.69, 9.17) is 23.8 Å². The number of aliphatic hydroxyl groups excluding tert-OH is 2. The summed E-state index contributed by atoms with van der Waals surface area (Å²) in [7, 11) is 2.85. The molecule has 0 spiro atoms. The van der Waals surface area contributed by atoms with E-state index in [9.17, 15) is 19.4 Å². The largest absolute Gasteiger partial charge is 0.492 e. The Morgan fingerprint density at radius 3 is 2.53 bits per heavy atom. The quantitative estimate of drug-likeness (QED) is 0.0769. The highest BCUT2D eigenvalue weighted by molar-refractivity contribution is 6.02. The topological polar surface area (TPSA) is 122 Å². The molecule has 6 unspecified atom stereocenters. The number of benzene rings is 2. The van der Waals surface area contributed by atoms with Gasteiger partial charge in [0, 0.05) is 57.3 Å². The van der Waals surface area contributed by atoms with Crippen LogP contribution in [0.15, 0.2) is 71.9 Å². The lowest BCUT2D eigenvalue weighted by atomic mass is 9.55. The maximum Gasteiger partial charge on any atom is 0.410 e. The highest BCUT2D eigenvalue weighted by Gasteiger charge is 2.65. The van der Waals surface area contributed by atoms with Gasteiger partial charge in [0.05, 0.1) is 25.3 Å². The van der Waals surface area contributed by atoms with Gasteiger partial charge in [-0.3, -0.25) is 9.80 Å². The van der Waals surface area contributed by atoms with Crippen molar-refractivity contribution in [2.75, 3.05) is 60.3 Å². The highest BCUT2D eigenvalue weighted by atomic mass is 19.1. The van der Waals surface area contributed by atoms with Crippen molar-refractivity contribution in [3.05, 3.63) is 83.7 Å². The Morgan fingerprint density at radius 2 is 1.85 bits per heavy atom. The molecule has 11 nitrogen and oxygen atoms in total. The van der Waals surface area contributed by atoms with Gasteiger partial charge in [-0.1, -0.05) is 42.3 Å². The zero-order chi connectivity index (χ0) is 37.4. The third-order valence-electron chi connectivity index (χ3n) is 11.1. The van der Waals surface area contributed by atoms with Crippen LogP contribution in [0.2, 0.25) is 0 Å². The summed E-state index contributed by atoms with van der Waals surface area (Å²) in [5.41, 5.74) is 3.31. The second-order valence-electron chi connectivity index (χ2n) is 14.4. The normalized spacial score (nSPS) is 26.5. The minimum atomic E-state index is -1.43. The number of methoxy groups -OCH3 is 1. The van der Waals surface area contributed by atoms with E-state index in [1.807, 2.05) is 12.1 Å². The van der Waals surface area contributed by atoms with Crippen LogP contribution in [0.25, 0.3) is 0 Å². The number of hydrogen-bond acceptors (Lipinski definition) is 10. The molecule has 1 saturated carbocycles. The molecule has 2 aromatic carbocycles. The number of allylic oxidation sites excluding steroid dienone is 1. The van der Waals surface area contributed by atoms with Gasteiger partial charge in [-0.05, 0) is 79.0 Å². The Balaban J connectivity index is 1.54. The van der Waals surface area contributed by atoms with Crippen LogP contribution in [0.5, 0.6) is 11.5 Å². The second kappa shape index (κ2) is 17.9. The zero-order valence-corrected chi connectivity index (χ0v) is 31.0. The molecule has 1 saturated heterocycles. The minimum Gasteiger partial charge on any atom is -0.492 e. The van der Waals surface area contributed by atoms with Crippen molar-refractivity contribution >= 4 is 11.8 Å². The molecule has 2 N–H and O–H groups in total. The zero-order valence-electron chi connectivity index (χ0n) is 31.0. The monoisotopic (exact) mass is 735 g/mol. The maximum absolute atomic E-state index is 14.0. The van der Waals surface area contributed by atoms with Crippen molar-refractivity contribution in [2.24, 2.45) is 22.9 Å². The van der Waals surface area contributed by atoms with E-state index >= 15 is 0 Å². The third-order valence-corrected chi connectivity index (χ3v) is 11.1. The molecule has 6 rings (SSSR count). The number of hydrogen-bond donors (Lipinski definition) is 2. The van der Waals surface area contributed by atoms with Crippen molar-refractivity contribution in [1.29, 1.82) is 0 Å². The lowest BCUT2D eigenvalue weighted by Crippen LogP contribution is -2.70. The van der Waals surface area contributed by atoms with Gasteiger partial charge in [-0.2, -0.15) is 0 Å². The van der Waals surface area contributed by atoms with Crippen LogP contribution >= 0.6 is 0 Å². The molecule has 2 heterocycles. The molecule has 53 heavy (non-hydrogen) atoms. The summed E-state index contributed by atoms with van der Waals surface area (Å²) in [6.45, 7) is 8.03. The number of nitrogens with zero attached hydrogens (tertiary/aromatic N) is 3. The molecule has 4 aliphatic rings. The van der Waals surface area contributed by atoms with Gasteiger partial charge >= 0.3 is 6.09 Å². The van der Waals surface area contributed by atoms with Crippen LogP contribution in [-0.2, 0) is 20.9 Å². The number of unbranched alkanes of at least 4 members (excludes halogenated alkanes) is 2. The number of oxime groups is 1. The van der Waals surface area contributed by atoms with E-state index in [0.717, 1.165) is 62.2 Å². The number of rotatable bonds is 19. The van der Waals surface area contributed by atoms with E-state index in [2.05, 4.69) is 28.8 Å². The molecule has 0 aromatic heterocycles. The van der Waals surface area contributed by atoms with Gasteiger partial charge in [0.2, 0.25) is 5.79 Å². The van der Waals surface area contributed by atoms with Crippen molar-refractivity contribution in [2.45, 2.75) is 69.2 Å². The van der Waals surface area contributed by atoms with E-state index in [-0.39, 0.29) is 56.4 Å². The molecule has 2 aromatic rings. The fourth-order valence-corrected chi connectivity index (χ4v) is 8.64. The lowest BCUT2D eigenvalue weighted by Gasteiger charge is -2.59. The smallest absolute Gasteiger partial charge is 0.410 e. The van der Waals surface area contributed by atoms with Gasteiger partial charge in [0.15, 0.2) is 0 Å². The predicted octanol–water partition coefficient (Wildman–Crippen LogP) is 6.05. The van der Waals surface area contributed by atoms with Gasteiger partial charge < -0.3 is 34.0 Å². The summed E-state index contributed by atoms with van der Waals surface area (Å²) in [6.07, 6.45) is 8.29. The number of ether oxygens (including phenoxy) is 4. The van der Waals surface area contributed by atoms with Crippen LogP contribution in [0, 0.1) is 23.6 Å². The Kier molecular flexibility index (Phi) is 13.1. The fourth-order valence-electron chi connectivity index (χ4n) is 8.64. The summed E-state index contributed by atoms with van der Waals surface area (Å²) >= 11 is 0. The lowest BCUT2D eigenvalue weighted by molar-refractivity contribution is -0.256. The van der Waals surface area contributed by atoms with Gasteiger partial charge in [-0.15, -0.1) is 6.58 Å². The Hall–Kier alpha value is -3.97. The number of halogens is 1. The van der Waals surface area contributed by atoms with Crippen LogP contribution in [0.3, 0.4) is 0 Å². The first-order valence-electron chi connectivity index (χ1n) is 18.9. The molecular weight excluding hydrogens is 681 g/mol. The number of carbonyl (C=O) groups excluding carboxylic acids is 1. The molecule has 2 fully saturated rings. The average Bonchev–Trinajstić information content (AvgIpc) is 4.00. The van der Waals surface area contributed by atoms with Gasteiger partial charge in [0.25, 0.3) is 0 Å². The average molecular weight is 736 g/mol. The van der Waals surface area contributed by atoms with Crippen LogP contribution in [0.4, 0.5) is 9.18 Å². The first kappa shape index (κ1) is 38.7. The van der Waals surface area contributed by atoms with E-state index in [0.29, 0.717) is 36.5 Å². The number of amides is 1. The van der Waals surface area contributed by atoms with E-state index < -0.39 is 23.8 Å². The molecule has 0 radical (unpaired) electrons. The first-order chi connectivity index (χ1) is 25.9. The fraction of sp³-hybridized carbons (Fsp3) is 0.561. The number of aliphatic hydroxyl groups is 2. The Bertz CT molecular complexity index is 1610. The van der Waals surface area contributed by atoms with Gasteiger partial charge in [-0.25, -0.2) is 9.18 Å². The van der Waals surface area contributed by atoms with E-state index in [1.54, 1.807) is 23.1 Å². The predicted molar refractivity (Wildman–Crippen MR) is 198 cm³/mol. The van der Waals surface area contributed by atoms with E-state index in [1.165, 1.54) is 26.4 Å². The molecule has 2 aliphatic heterocycles. The minimum absolute atomic E-state index is 0.0856. The van der Waals surface area contributed by atoms with Crippen LogP contribution in [-0.4, -0.2) is 104 Å². The molecule has 0 bridgehead atoms. The van der Waals surface area contributed by atoms with Crippen molar-refractivity contribution in [3.8, 4) is 11.5 Å². The standard InChI is InChI=1S/C41H54FN3O8/c1-4-22-52-41-37(45(40(48)49-2)27-28-11-13-30(42)14-12-28)26-35(43-50-3)33-24-29(9-5-7-20-46)32(10-6-8-21-47)38(39(33)41)34-25-31(15-16-36(34)53-41)51-23-19-44-17-18-44/h4,11-16,24-25,29,32,37-39,46-47H,1,5-10,17-23,26-27H2,2-3H3. The van der Waals surface area contributed by atoms with Crippen LogP contribution in [0.1, 0.15) is 62.0 Å². The van der Waals surface area contributed by atoms with Crippen molar-refractivity contribution < 1.29 is 43.2 Å². The van der Waals surface area contributed by atoms with Crippen LogP contribution < -0.4 is 9.47 Å². The Morgan fingerprint density at radius 1 is 1.09 bits per heavy atom. The molecule has 1 amide bonds. The molecule has 2 aliphatic carbocycles. The van der Waals surface area contributed by atoms with Gasteiger partial charge in [0.1, 0.15) is 37.1 Å². The maximum atomic E-state index is 14.0. The molecule has 288 valence electrons. The summed E-state index contributed by atoms with van der Waals surface area (Å²) in [5.74, 6) is -0.843. The van der Waals surface area contributed by atoms with Crippen molar-refractivity contribution in [1.82, 2.24) is 9.80 Å². The first-order valence-corrected chi connectivity index (χ1v) is 18.9. The summed E-state index contributed by atoms with van der Waals surface area (Å²) in [6, 6.07) is 11.2. The second-order valence-corrected chi connectivity index (χ2v) is 14.4. The molecule has 6 atom stereocenters. The number of carbonyl (C=O) groups is 1. The highest BCUT2D eigenvalue weighted by Crippen LogP contribution is 2.62. The summed E-state index contributed by atoms with van der Waals surface area (Å²) < 4.78 is 39.9. The molecule has 12 heteroatoms.